The molecule has 2 aromatic heterocycles. The molecule has 0 saturated heterocycles. The van der Waals surface area contributed by atoms with Crippen molar-refractivity contribution in [1.82, 2.24) is 19.1 Å². The van der Waals surface area contributed by atoms with E-state index in [0.29, 0.717) is 17.6 Å². The molecule has 0 aliphatic rings. The summed E-state index contributed by atoms with van der Waals surface area (Å²) in [5.41, 5.74) is 3.08. The first kappa shape index (κ1) is 17.1. The Bertz CT molecular complexity index is 1140. The smallest absolute Gasteiger partial charge is 0.159 e. The van der Waals surface area contributed by atoms with Gasteiger partial charge in [0.2, 0.25) is 0 Å². The molecule has 0 saturated carbocycles. The maximum absolute atomic E-state index is 13.6. The summed E-state index contributed by atoms with van der Waals surface area (Å²) in [5, 5.41) is 0. The summed E-state index contributed by atoms with van der Waals surface area (Å²) >= 11 is 0. The van der Waals surface area contributed by atoms with E-state index in [1.807, 2.05) is 35.9 Å². The van der Waals surface area contributed by atoms with Crippen molar-refractivity contribution in [2.75, 3.05) is 0 Å². The number of fused-ring (bicyclic) bond motifs is 1. The first-order chi connectivity index (χ1) is 13.1. The van der Waals surface area contributed by atoms with Crippen molar-refractivity contribution in [3.8, 4) is 11.4 Å². The largest absolute Gasteiger partial charge is 0.327 e. The Morgan fingerprint density at radius 1 is 1.19 bits per heavy atom. The van der Waals surface area contributed by atoms with Gasteiger partial charge in [-0.25, -0.2) is 14.4 Å². The fourth-order valence-electron chi connectivity index (χ4n) is 3.35. The highest BCUT2D eigenvalue weighted by atomic mass is 19.1. The van der Waals surface area contributed by atoms with Crippen LogP contribution in [0.3, 0.4) is 0 Å². The highest BCUT2D eigenvalue weighted by Crippen LogP contribution is 2.22. The number of Topliss-reactive ketones (excluding diaryl/α,β-unsaturated/α-hetero) is 1. The molecular weight excluding hydrogens is 343 g/mol. The van der Waals surface area contributed by atoms with Crippen molar-refractivity contribution in [3.63, 3.8) is 0 Å². The fraction of sp³-hybridized carbons (Fsp3) is 0.190. The minimum atomic E-state index is -0.292. The number of rotatable bonds is 5. The lowest BCUT2D eigenvalue weighted by Crippen LogP contribution is -2.08. The van der Waals surface area contributed by atoms with Crippen LogP contribution in [-0.4, -0.2) is 24.9 Å². The van der Waals surface area contributed by atoms with E-state index in [1.165, 1.54) is 12.1 Å². The Balaban J connectivity index is 1.75. The Morgan fingerprint density at radius 2 is 2.04 bits per heavy atom. The maximum Gasteiger partial charge on any atom is 0.159 e. The molecule has 4 aromatic rings. The number of halogens is 1. The second kappa shape index (κ2) is 6.79. The van der Waals surface area contributed by atoms with Crippen LogP contribution in [-0.2, 0) is 13.1 Å². The molecule has 0 amide bonds. The van der Waals surface area contributed by atoms with Gasteiger partial charge < -0.3 is 9.13 Å². The average molecular weight is 362 g/mol. The van der Waals surface area contributed by atoms with Crippen molar-refractivity contribution in [3.05, 3.63) is 72.1 Å². The van der Waals surface area contributed by atoms with Crippen LogP contribution in [0.1, 0.15) is 30.0 Å². The van der Waals surface area contributed by atoms with Gasteiger partial charge in [0, 0.05) is 36.1 Å². The number of hydrogen-bond donors (Lipinski definition) is 0. The van der Waals surface area contributed by atoms with E-state index in [1.54, 1.807) is 25.3 Å². The quantitative estimate of drug-likeness (QED) is 0.497. The molecular formula is C21H19FN4O. The standard InChI is InChI=1S/C21H19FN4O/c1-3-26-19-8-7-17(22)12-18(19)24-20(26)13-25-10-9-23-21(25)16-6-4-5-15(11-16)14(2)27/h4-12H,3,13H2,1-2H3. The normalized spacial score (nSPS) is 11.2. The SMILES string of the molecule is CCn1c(Cn2ccnc2-c2cccc(C(C)=O)c2)nc2cc(F)ccc21. The zero-order valence-electron chi connectivity index (χ0n) is 15.2. The van der Waals surface area contributed by atoms with Gasteiger partial charge >= 0.3 is 0 Å². The van der Waals surface area contributed by atoms with Crippen molar-refractivity contribution in [2.45, 2.75) is 26.9 Å². The molecule has 0 spiro atoms. The topological polar surface area (TPSA) is 52.7 Å². The van der Waals surface area contributed by atoms with Crippen LogP contribution in [0.25, 0.3) is 22.4 Å². The van der Waals surface area contributed by atoms with Crippen LogP contribution in [0.5, 0.6) is 0 Å². The molecule has 4 rings (SSSR count). The van der Waals surface area contributed by atoms with Crippen LogP contribution in [0.2, 0.25) is 0 Å². The lowest BCUT2D eigenvalue weighted by Gasteiger charge is -2.10. The Morgan fingerprint density at radius 3 is 2.81 bits per heavy atom. The monoisotopic (exact) mass is 362 g/mol. The average Bonchev–Trinajstić information content (AvgIpc) is 3.25. The lowest BCUT2D eigenvalue weighted by atomic mass is 10.1. The van der Waals surface area contributed by atoms with E-state index in [2.05, 4.69) is 14.5 Å². The van der Waals surface area contributed by atoms with Crippen molar-refractivity contribution < 1.29 is 9.18 Å². The molecule has 0 N–H and O–H groups in total. The van der Waals surface area contributed by atoms with Crippen LogP contribution in [0, 0.1) is 5.82 Å². The molecule has 0 fully saturated rings. The summed E-state index contributed by atoms with van der Waals surface area (Å²) in [5.74, 6) is 1.32. The first-order valence-corrected chi connectivity index (χ1v) is 8.84. The van der Waals surface area contributed by atoms with E-state index in [-0.39, 0.29) is 11.6 Å². The number of nitrogens with zero attached hydrogens (tertiary/aromatic N) is 4. The van der Waals surface area contributed by atoms with Crippen LogP contribution in [0.15, 0.2) is 54.9 Å². The number of carbonyl (C=O) groups is 1. The zero-order valence-corrected chi connectivity index (χ0v) is 15.2. The van der Waals surface area contributed by atoms with Crippen molar-refractivity contribution >= 4 is 16.8 Å². The number of aromatic nitrogens is 4. The van der Waals surface area contributed by atoms with E-state index >= 15 is 0 Å². The molecule has 0 aliphatic heterocycles. The van der Waals surface area contributed by atoms with E-state index in [0.717, 1.165) is 29.3 Å². The zero-order chi connectivity index (χ0) is 19.0. The number of carbonyl (C=O) groups excluding carboxylic acids is 1. The third-order valence-corrected chi connectivity index (χ3v) is 4.66. The number of ketones is 1. The molecule has 27 heavy (non-hydrogen) atoms. The first-order valence-electron chi connectivity index (χ1n) is 8.84. The predicted octanol–water partition coefficient (Wildman–Crippen LogP) is 4.31. The molecule has 0 aliphatic carbocycles. The number of benzene rings is 2. The van der Waals surface area contributed by atoms with E-state index < -0.39 is 0 Å². The van der Waals surface area contributed by atoms with Gasteiger partial charge in [-0.2, -0.15) is 0 Å². The molecule has 2 heterocycles. The molecule has 0 unspecified atom stereocenters. The van der Waals surface area contributed by atoms with Gasteiger partial charge in [-0.1, -0.05) is 18.2 Å². The Labute approximate surface area is 156 Å². The van der Waals surface area contributed by atoms with Gasteiger partial charge in [0.05, 0.1) is 17.6 Å². The maximum atomic E-state index is 13.6. The summed E-state index contributed by atoms with van der Waals surface area (Å²) in [4.78, 5) is 20.8. The van der Waals surface area contributed by atoms with Crippen LogP contribution in [0.4, 0.5) is 4.39 Å². The number of hydrogen-bond acceptors (Lipinski definition) is 3. The third kappa shape index (κ3) is 3.14. The molecule has 2 aromatic carbocycles. The second-order valence-corrected chi connectivity index (χ2v) is 6.42. The van der Waals surface area contributed by atoms with Gasteiger partial charge in [-0.05, 0) is 32.0 Å². The van der Waals surface area contributed by atoms with Crippen LogP contribution >= 0.6 is 0 Å². The van der Waals surface area contributed by atoms with Gasteiger partial charge in [-0.15, -0.1) is 0 Å². The highest BCUT2D eigenvalue weighted by molar-refractivity contribution is 5.95. The van der Waals surface area contributed by atoms with Gasteiger partial charge in [-0.3, -0.25) is 4.79 Å². The molecule has 0 bridgehead atoms. The van der Waals surface area contributed by atoms with Gasteiger partial charge in [0.15, 0.2) is 5.78 Å². The van der Waals surface area contributed by atoms with Crippen molar-refractivity contribution in [2.24, 2.45) is 0 Å². The van der Waals surface area contributed by atoms with E-state index in [9.17, 15) is 9.18 Å². The van der Waals surface area contributed by atoms with Crippen molar-refractivity contribution in [1.29, 1.82) is 0 Å². The fourth-order valence-corrected chi connectivity index (χ4v) is 3.35. The molecule has 136 valence electrons. The van der Waals surface area contributed by atoms with Crippen LogP contribution < -0.4 is 0 Å². The molecule has 0 radical (unpaired) electrons. The minimum Gasteiger partial charge on any atom is -0.327 e. The van der Waals surface area contributed by atoms with Gasteiger partial charge in [0.25, 0.3) is 0 Å². The summed E-state index contributed by atoms with van der Waals surface area (Å²) in [6, 6.07) is 12.1. The summed E-state index contributed by atoms with van der Waals surface area (Å²) in [7, 11) is 0. The summed E-state index contributed by atoms with van der Waals surface area (Å²) in [6.45, 7) is 4.83. The Kier molecular flexibility index (Phi) is 4.32. The number of imidazole rings is 2. The lowest BCUT2D eigenvalue weighted by molar-refractivity contribution is 0.101. The summed E-state index contributed by atoms with van der Waals surface area (Å²) < 4.78 is 17.6. The minimum absolute atomic E-state index is 0.0183. The molecule has 6 heteroatoms. The highest BCUT2D eigenvalue weighted by Gasteiger charge is 2.14. The third-order valence-electron chi connectivity index (χ3n) is 4.66. The summed E-state index contributed by atoms with van der Waals surface area (Å²) in [6.07, 6.45) is 3.62. The Hall–Kier alpha value is -3.28. The van der Waals surface area contributed by atoms with E-state index in [4.69, 9.17) is 0 Å². The van der Waals surface area contributed by atoms with Gasteiger partial charge in [0.1, 0.15) is 17.5 Å². The second-order valence-electron chi connectivity index (χ2n) is 6.42. The molecule has 0 atom stereocenters. The predicted molar refractivity (Wildman–Crippen MR) is 102 cm³/mol. The number of aryl methyl sites for hydroxylation is 1. The molecule has 5 nitrogen and oxygen atoms in total.